The number of benzene rings is 6. The zero-order valence-corrected chi connectivity index (χ0v) is 35.4. The summed E-state index contributed by atoms with van der Waals surface area (Å²) < 4.78 is 0. The van der Waals surface area contributed by atoms with E-state index in [0.29, 0.717) is 0 Å². The smallest absolute Gasteiger partial charge is 0.252 e. The van der Waals surface area contributed by atoms with E-state index in [4.69, 9.17) is 0 Å². The number of rotatable bonds is 4. The Morgan fingerprint density at radius 3 is 1.88 bits per heavy atom. The molecule has 4 heteroatoms. The maximum absolute atomic E-state index is 2.83. The van der Waals surface area contributed by atoms with Gasteiger partial charge in [0.1, 0.15) is 0 Å². The van der Waals surface area contributed by atoms with Crippen LogP contribution in [-0.2, 0) is 16.2 Å². The molecule has 0 saturated heterocycles. The van der Waals surface area contributed by atoms with Crippen LogP contribution < -0.4 is 31.1 Å². The maximum Gasteiger partial charge on any atom is 0.252 e. The van der Waals surface area contributed by atoms with Gasteiger partial charge in [0.2, 0.25) is 0 Å². The topological polar surface area (TPSA) is 9.72 Å². The van der Waals surface area contributed by atoms with E-state index in [-0.39, 0.29) is 28.5 Å². The lowest BCUT2D eigenvalue weighted by Gasteiger charge is -2.53. The van der Waals surface area contributed by atoms with Crippen LogP contribution in [0.25, 0.3) is 0 Å². The Balaban J connectivity index is 1.24. The molecular weight excluding hydrogens is 689 g/mol. The molecule has 10 rings (SSSR count). The first kappa shape index (κ1) is 36.1. The minimum Gasteiger partial charge on any atom is -0.335 e. The summed E-state index contributed by atoms with van der Waals surface area (Å²) in [6, 6.07) is 49.0. The first-order valence-corrected chi connectivity index (χ1v) is 21.3. The highest BCUT2D eigenvalue weighted by Crippen LogP contribution is 2.61. The van der Waals surface area contributed by atoms with Crippen molar-refractivity contribution in [1.29, 1.82) is 0 Å². The van der Waals surface area contributed by atoms with Crippen LogP contribution in [0.15, 0.2) is 127 Å². The van der Waals surface area contributed by atoms with E-state index >= 15 is 0 Å². The molecule has 1 fully saturated rings. The molecule has 2 atom stereocenters. The molecule has 1 saturated carbocycles. The van der Waals surface area contributed by atoms with Crippen molar-refractivity contribution in [3.8, 4) is 0 Å². The van der Waals surface area contributed by atoms with Crippen LogP contribution in [0.2, 0.25) is 0 Å². The van der Waals surface area contributed by atoms with Crippen molar-refractivity contribution in [2.24, 2.45) is 0 Å². The predicted molar refractivity (Wildman–Crippen MR) is 245 cm³/mol. The summed E-state index contributed by atoms with van der Waals surface area (Å²) in [6.45, 7) is 21.3. The lowest BCUT2D eigenvalue weighted by Crippen LogP contribution is -2.64. The van der Waals surface area contributed by atoms with Crippen molar-refractivity contribution in [3.05, 3.63) is 150 Å². The molecule has 2 unspecified atom stereocenters. The second-order valence-electron chi connectivity index (χ2n) is 19.9. The molecule has 4 aliphatic rings. The minimum absolute atomic E-state index is 0.0122. The first-order chi connectivity index (χ1) is 27.2. The van der Waals surface area contributed by atoms with Gasteiger partial charge in [0.15, 0.2) is 0 Å². The van der Waals surface area contributed by atoms with Gasteiger partial charge in [0, 0.05) is 50.9 Å². The van der Waals surface area contributed by atoms with E-state index in [1.54, 1.807) is 5.56 Å². The molecule has 57 heavy (non-hydrogen) atoms. The van der Waals surface area contributed by atoms with Crippen LogP contribution in [0.3, 0.4) is 0 Å². The zero-order valence-electron chi connectivity index (χ0n) is 35.4. The number of hydrogen-bond acceptors (Lipinski definition) is 3. The summed E-state index contributed by atoms with van der Waals surface area (Å²) in [5.74, 6) is 0. The molecule has 6 aromatic rings. The first-order valence-electron chi connectivity index (χ1n) is 21.3. The number of nitrogens with zero attached hydrogens (tertiary/aromatic N) is 3. The maximum atomic E-state index is 2.83. The van der Waals surface area contributed by atoms with Crippen molar-refractivity contribution in [3.63, 3.8) is 0 Å². The van der Waals surface area contributed by atoms with Gasteiger partial charge in [-0.2, -0.15) is 0 Å². The molecule has 0 aromatic heterocycles. The highest BCUT2D eigenvalue weighted by molar-refractivity contribution is 7.00. The van der Waals surface area contributed by atoms with Crippen LogP contribution in [0, 0.1) is 6.92 Å². The van der Waals surface area contributed by atoms with E-state index in [0.717, 1.165) is 17.1 Å². The Hall–Kier alpha value is -5.22. The minimum atomic E-state index is 0.0122. The fourth-order valence-electron chi connectivity index (χ4n) is 11.1. The SMILES string of the molecule is Cc1cc2c3c(c1)N1c4c(cccc4C4(C)CCCCC14C)B3c1ccc(N(c3ccccc3)c3ccc(C(C)(C)C)cc3)cc1N2c1ccc(C(C)(C)C)cc1. The van der Waals surface area contributed by atoms with Gasteiger partial charge < -0.3 is 14.7 Å². The van der Waals surface area contributed by atoms with Gasteiger partial charge in [-0.05, 0) is 137 Å². The molecule has 0 radical (unpaired) electrons. The Morgan fingerprint density at radius 2 is 1.19 bits per heavy atom. The predicted octanol–water partition coefficient (Wildman–Crippen LogP) is 12.4. The Kier molecular flexibility index (Phi) is 7.86. The third kappa shape index (κ3) is 5.25. The highest BCUT2D eigenvalue weighted by Gasteiger charge is 2.61. The average molecular weight is 746 g/mol. The fraction of sp³-hybridized carbons (Fsp3) is 0.321. The summed E-state index contributed by atoms with van der Waals surface area (Å²) in [6.07, 6.45) is 5.00. The third-order valence-corrected chi connectivity index (χ3v) is 14.3. The molecule has 0 amide bonds. The molecule has 0 N–H and O–H groups in total. The molecule has 1 aliphatic carbocycles. The molecule has 3 aliphatic heterocycles. The second-order valence-corrected chi connectivity index (χ2v) is 19.9. The fourth-order valence-corrected chi connectivity index (χ4v) is 11.1. The largest absolute Gasteiger partial charge is 0.335 e. The van der Waals surface area contributed by atoms with Gasteiger partial charge in [-0.25, -0.2) is 0 Å². The van der Waals surface area contributed by atoms with Gasteiger partial charge in [0.25, 0.3) is 6.71 Å². The van der Waals surface area contributed by atoms with Gasteiger partial charge in [-0.3, -0.25) is 0 Å². The van der Waals surface area contributed by atoms with E-state index in [1.807, 2.05) is 0 Å². The Morgan fingerprint density at radius 1 is 0.579 bits per heavy atom. The Labute approximate surface area is 341 Å². The van der Waals surface area contributed by atoms with Crippen molar-refractivity contribution < 1.29 is 0 Å². The number of para-hydroxylation sites is 2. The number of hydrogen-bond donors (Lipinski definition) is 0. The summed E-state index contributed by atoms with van der Waals surface area (Å²) in [7, 11) is 0. The normalized spacial score (nSPS) is 20.5. The highest BCUT2D eigenvalue weighted by atomic mass is 15.3. The van der Waals surface area contributed by atoms with E-state index in [2.05, 4.69) is 204 Å². The van der Waals surface area contributed by atoms with Crippen molar-refractivity contribution in [1.82, 2.24) is 0 Å². The summed E-state index contributed by atoms with van der Waals surface area (Å²) in [4.78, 5) is 7.85. The van der Waals surface area contributed by atoms with Gasteiger partial charge in [-0.15, -0.1) is 0 Å². The monoisotopic (exact) mass is 745 g/mol. The Bertz CT molecular complexity index is 2540. The average Bonchev–Trinajstić information content (AvgIpc) is 3.40. The lowest BCUT2D eigenvalue weighted by molar-refractivity contribution is 0.195. The van der Waals surface area contributed by atoms with Crippen molar-refractivity contribution >= 4 is 68.6 Å². The van der Waals surface area contributed by atoms with Gasteiger partial charge >= 0.3 is 0 Å². The third-order valence-electron chi connectivity index (χ3n) is 14.3. The molecular formula is C53H56BN3. The van der Waals surface area contributed by atoms with Crippen molar-refractivity contribution in [2.75, 3.05) is 14.7 Å². The zero-order chi connectivity index (χ0) is 39.6. The molecule has 0 spiro atoms. The van der Waals surface area contributed by atoms with Crippen LogP contribution in [-0.4, -0.2) is 12.3 Å². The molecule has 286 valence electrons. The van der Waals surface area contributed by atoms with E-state index in [9.17, 15) is 0 Å². The summed E-state index contributed by atoms with van der Waals surface area (Å²) in [5.41, 5.74) is 20.1. The van der Waals surface area contributed by atoms with Crippen LogP contribution in [0.5, 0.6) is 0 Å². The molecule has 3 nitrogen and oxygen atoms in total. The van der Waals surface area contributed by atoms with Gasteiger partial charge in [-0.1, -0.05) is 128 Å². The lowest BCUT2D eigenvalue weighted by atomic mass is 9.33. The van der Waals surface area contributed by atoms with Crippen LogP contribution >= 0.6 is 0 Å². The number of aryl methyl sites for hydroxylation is 1. The van der Waals surface area contributed by atoms with Crippen LogP contribution in [0.4, 0.5) is 45.5 Å². The van der Waals surface area contributed by atoms with E-state index in [1.165, 1.54) is 87.2 Å². The van der Waals surface area contributed by atoms with Crippen molar-refractivity contribution in [2.45, 2.75) is 110 Å². The number of anilines is 8. The molecule has 3 heterocycles. The van der Waals surface area contributed by atoms with Crippen LogP contribution in [0.1, 0.15) is 103 Å². The molecule has 0 bridgehead atoms. The summed E-state index contributed by atoms with van der Waals surface area (Å²) in [5, 5.41) is 0. The standard InChI is InChI=1S/C53H56BN3/c1-35-32-46-48-47(33-35)57-49-42(52(8)30-13-14-31-53(52,57)9)18-15-19-44(49)54(48)43-29-28-41(34-45(43)56(46)40-26-22-37(23-27-40)51(5,6)7)55(38-16-11-10-12-17-38)39-24-20-36(21-25-39)50(2,3)4/h10-12,15-29,32-34H,13-14,30-31H2,1-9H3. The quantitative estimate of drug-likeness (QED) is 0.166. The van der Waals surface area contributed by atoms with Gasteiger partial charge in [0.05, 0.1) is 5.54 Å². The van der Waals surface area contributed by atoms with E-state index < -0.39 is 0 Å². The summed E-state index contributed by atoms with van der Waals surface area (Å²) >= 11 is 0. The second kappa shape index (κ2) is 12.4. The number of fused-ring (bicyclic) bond motifs is 7. The molecule has 6 aromatic carbocycles.